The second-order valence-corrected chi connectivity index (χ2v) is 7.66. The van der Waals surface area contributed by atoms with E-state index >= 15 is 0 Å². The van der Waals surface area contributed by atoms with E-state index in [-0.39, 0.29) is 42.2 Å². The molecule has 1 amide bonds. The van der Waals surface area contributed by atoms with Crippen LogP contribution in [0.2, 0.25) is 0 Å². The van der Waals surface area contributed by atoms with Crippen LogP contribution < -0.4 is 5.32 Å². The van der Waals surface area contributed by atoms with Crippen molar-refractivity contribution < 1.29 is 22.4 Å². The Balaban J connectivity index is 1.54. The number of carbonyl (C=O) groups excluding carboxylic acids is 1. The standard InChI is InChI=1S/C23H22F3N3O2/c24-23(25,26)19-9-5-4-8-17(19)13-29(12-16-6-2-1-3-7-16)14-21-28-20(15-31-21)22(30)27-18-10-11-18/h1-9,15,18H,10-14H2,(H,27,30). The smallest absolute Gasteiger partial charge is 0.416 e. The minimum absolute atomic E-state index is 0.0521. The largest absolute Gasteiger partial charge is 0.447 e. The molecule has 0 aliphatic heterocycles. The number of nitrogens with zero attached hydrogens (tertiary/aromatic N) is 2. The number of hydrogen-bond acceptors (Lipinski definition) is 4. The van der Waals surface area contributed by atoms with Gasteiger partial charge in [0.25, 0.3) is 5.91 Å². The van der Waals surface area contributed by atoms with Crippen molar-refractivity contribution >= 4 is 5.91 Å². The Labute approximate surface area is 177 Å². The molecule has 0 unspecified atom stereocenters. The second-order valence-electron chi connectivity index (χ2n) is 7.66. The topological polar surface area (TPSA) is 58.4 Å². The molecule has 31 heavy (non-hydrogen) atoms. The molecule has 2 aromatic carbocycles. The summed E-state index contributed by atoms with van der Waals surface area (Å²) in [6.45, 7) is 0.618. The summed E-state index contributed by atoms with van der Waals surface area (Å²) in [4.78, 5) is 18.2. The molecule has 3 aromatic rings. The van der Waals surface area contributed by atoms with Gasteiger partial charge in [-0.1, -0.05) is 48.5 Å². The number of aromatic nitrogens is 1. The third-order valence-corrected chi connectivity index (χ3v) is 5.02. The van der Waals surface area contributed by atoms with Gasteiger partial charge in [-0.05, 0) is 30.0 Å². The van der Waals surface area contributed by atoms with Crippen molar-refractivity contribution in [3.63, 3.8) is 0 Å². The Kier molecular flexibility index (Phi) is 6.08. The highest BCUT2D eigenvalue weighted by Crippen LogP contribution is 2.32. The van der Waals surface area contributed by atoms with Crippen molar-refractivity contribution in [1.82, 2.24) is 15.2 Å². The summed E-state index contributed by atoms with van der Waals surface area (Å²) in [7, 11) is 0. The van der Waals surface area contributed by atoms with E-state index in [1.54, 1.807) is 6.07 Å². The average molecular weight is 429 g/mol. The predicted molar refractivity (Wildman–Crippen MR) is 108 cm³/mol. The summed E-state index contributed by atoms with van der Waals surface area (Å²) in [5.41, 5.74) is 0.636. The van der Waals surface area contributed by atoms with Gasteiger partial charge in [0.05, 0.1) is 12.1 Å². The first-order valence-electron chi connectivity index (χ1n) is 10.0. The van der Waals surface area contributed by atoms with Crippen LogP contribution in [0.15, 0.2) is 65.3 Å². The number of hydrogen-bond donors (Lipinski definition) is 1. The molecule has 0 radical (unpaired) electrons. The fraction of sp³-hybridized carbons (Fsp3) is 0.304. The van der Waals surface area contributed by atoms with Crippen LogP contribution in [-0.4, -0.2) is 21.8 Å². The normalized spacial score (nSPS) is 14.1. The highest BCUT2D eigenvalue weighted by Gasteiger charge is 2.33. The SMILES string of the molecule is O=C(NC1CC1)c1coc(CN(Cc2ccccc2)Cc2ccccc2C(F)(F)F)n1. The van der Waals surface area contributed by atoms with E-state index in [4.69, 9.17) is 4.42 Å². The molecular formula is C23H22F3N3O2. The third kappa shape index (κ3) is 5.73. The lowest BCUT2D eigenvalue weighted by atomic mass is 10.1. The lowest BCUT2D eigenvalue weighted by Gasteiger charge is -2.23. The monoisotopic (exact) mass is 429 g/mol. The van der Waals surface area contributed by atoms with E-state index in [9.17, 15) is 18.0 Å². The number of rotatable bonds is 8. The molecule has 1 heterocycles. The van der Waals surface area contributed by atoms with E-state index in [1.165, 1.54) is 18.4 Å². The molecule has 0 atom stereocenters. The summed E-state index contributed by atoms with van der Waals surface area (Å²) < 4.78 is 45.8. The molecule has 1 aromatic heterocycles. The fourth-order valence-electron chi connectivity index (χ4n) is 3.35. The maximum absolute atomic E-state index is 13.5. The quantitative estimate of drug-likeness (QED) is 0.560. The molecule has 1 N–H and O–H groups in total. The van der Waals surface area contributed by atoms with Gasteiger partial charge in [-0.15, -0.1) is 0 Å². The van der Waals surface area contributed by atoms with E-state index in [2.05, 4.69) is 10.3 Å². The molecule has 162 valence electrons. The number of carbonyl (C=O) groups is 1. The van der Waals surface area contributed by atoms with Crippen LogP contribution in [0, 0.1) is 0 Å². The van der Waals surface area contributed by atoms with Gasteiger partial charge in [-0.25, -0.2) is 4.98 Å². The Morgan fingerprint density at radius 3 is 2.45 bits per heavy atom. The van der Waals surface area contributed by atoms with Gasteiger partial charge in [0.2, 0.25) is 5.89 Å². The van der Waals surface area contributed by atoms with Crippen molar-refractivity contribution in [3.05, 3.63) is 89.1 Å². The minimum atomic E-state index is -4.44. The predicted octanol–water partition coefficient (Wildman–Crippen LogP) is 4.79. The first-order valence-corrected chi connectivity index (χ1v) is 10.0. The van der Waals surface area contributed by atoms with Crippen molar-refractivity contribution in [2.45, 2.75) is 44.7 Å². The molecule has 1 fully saturated rings. The van der Waals surface area contributed by atoms with Crippen molar-refractivity contribution in [2.75, 3.05) is 0 Å². The van der Waals surface area contributed by atoms with Crippen LogP contribution in [0.4, 0.5) is 13.2 Å². The highest BCUT2D eigenvalue weighted by molar-refractivity contribution is 5.92. The van der Waals surface area contributed by atoms with Gasteiger partial charge in [-0.3, -0.25) is 9.69 Å². The van der Waals surface area contributed by atoms with E-state index in [0.29, 0.717) is 6.54 Å². The van der Waals surface area contributed by atoms with Crippen LogP contribution in [0.3, 0.4) is 0 Å². The van der Waals surface area contributed by atoms with Crippen molar-refractivity contribution in [1.29, 1.82) is 0 Å². The molecule has 5 nitrogen and oxygen atoms in total. The summed E-state index contributed by atoms with van der Waals surface area (Å²) >= 11 is 0. The first-order chi connectivity index (χ1) is 14.9. The maximum atomic E-state index is 13.5. The maximum Gasteiger partial charge on any atom is 0.416 e. The third-order valence-electron chi connectivity index (χ3n) is 5.02. The van der Waals surface area contributed by atoms with Crippen molar-refractivity contribution in [3.8, 4) is 0 Å². The number of alkyl halides is 3. The van der Waals surface area contributed by atoms with Crippen molar-refractivity contribution in [2.24, 2.45) is 0 Å². The summed E-state index contributed by atoms with van der Waals surface area (Å²) in [6, 6.07) is 15.2. The average Bonchev–Trinajstić information content (AvgIpc) is 3.42. The Hall–Kier alpha value is -3.13. The van der Waals surface area contributed by atoms with Gasteiger partial charge in [0.1, 0.15) is 6.26 Å². The van der Waals surface area contributed by atoms with Gasteiger partial charge in [0, 0.05) is 19.1 Å². The first kappa shape index (κ1) is 21.1. The number of oxazole rings is 1. The number of benzene rings is 2. The fourth-order valence-corrected chi connectivity index (χ4v) is 3.35. The minimum Gasteiger partial charge on any atom is -0.447 e. The van der Waals surface area contributed by atoms with E-state index in [0.717, 1.165) is 24.5 Å². The zero-order valence-corrected chi connectivity index (χ0v) is 16.7. The lowest BCUT2D eigenvalue weighted by molar-refractivity contribution is -0.138. The number of amides is 1. The van der Waals surface area contributed by atoms with Gasteiger partial charge in [-0.2, -0.15) is 13.2 Å². The van der Waals surface area contributed by atoms with Gasteiger partial charge in [0.15, 0.2) is 5.69 Å². The van der Waals surface area contributed by atoms with E-state index in [1.807, 2.05) is 35.2 Å². The highest BCUT2D eigenvalue weighted by atomic mass is 19.4. The van der Waals surface area contributed by atoms with Crippen LogP contribution in [-0.2, 0) is 25.8 Å². The molecule has 1 saturated carbocycles. The second kappa shape index (κ2) is 8.93. The number of halogens is 3. The zero-order chi connectivity index (χ0) is 21.8. The van der Waals surface area contributed by atoms with Crippen LogP contribution in [0.5, 0.6) is 0 Å². The summed E-state index contributed by atoms with van der Waals surface area (Å²) in [6.07, 6.45) is -1.23. The summed E-state index contributed by atoms with van der Waals surface area (Å²) in [5, 5.41) is 2.84. The Bertz CT molecular complexity index is 1030. The Morgan fingerprint density at radius 2 is 1.74 bits per heavy atom. The van der Waals surface area contributed by atoms with Crippen LogP contribution in [0.25, 0.3) is 0 Å². The Morgan fingerprint density at radius 1 is 1.03 bits per heavy atom. The molecule has 1 aliphatic carbocycles. The van der Waals surface area contributed by atoms with E-state index < -0.39 is 11.7 Å². The lowest BCUT2D eigenvalue weighted by Crippen LogP contribution is -2.26. The summed E-state index contributed by atoms with van der Waals surface area (Å²) in [5.74, 6) is -0.0177. The molecule has 4 rings (SSSR count). The van der Waals surface area contributed by atoms with Crippen LogP contribution >= 0.6 is 0 Å². The van der Waals surface area contributed by atoms with Gasteiger partial charge >= 0.3 is 6.18 Å². The zero-order valence-electron chi connectivity index (χ0n) is 16.7. The molecular weight excluding hydrogens is 407 g/mol. The van der Waals surface area contributed by atoms with Crippen LogP contribution in [0.1, 0.15) is 45.9 Å². The molecule has 0 spiro atoms. The molecule has 0 saturated heterocycles. The molecule has 1 aliphatic rings. The van der Waals surface area contributed by atoms with Gasteiger partial charge < -0.3 is 9.73 Å². The molecule has 0 bridgehead atoms. The molecule has 8 heteroatoms. The number of nitrogens with one attached hydrogen (secondary N) is 1.